The molecule has 1 unspecified atom stereocenters. The van der Waals surface area contributed by atoms with Crippen LogP contribution in [0, 0.1) is 0 Å². The van der Waals surface area contributed by atoms with Crippen LogP contribution in [0.15, 0.2) is 18.5 Å². The summed E-state index contributed by atoms with van der Waals surface area (Å²) < 4.78 is 0. The number of aromatic nitrogens is 1. The van der Waals surface area contributed by atoms with E-state index >= 15 is 0 Å². The fraction of sp³-hybridized carbons (Fsp3) is 0.615. The summed E-state index contributed by atoms with van der Waals surface area (Å²) in [5, 5.41) is 16.0. The van der Waals surface area contributed by atoms with Crippen molar-refractivity contribution < 1.29 is 5.11 Å². The van der Waals surface area contributed by atoms with E-state index in [9.17, 15) is 5.11 Å². The fourth-order valence-corrected chi connectivity index (χ4v) is 1.49. The van der Waals surface area contributed by atoms with Gasteiger partial charge in [0, 0.05) is 13.1 Å². The Morgan fingerprint density at radius 1 is 1.18 bits per heavy atom. The first-order valence-electron chi connectivity index (χ1n) is 6.37. The topological polar surface area (TPSA) is 57.2 Å². The molecule has 0 aliphatic carbocycles. The zero-order chi connectivity index (χ0) is 12.5. The summed E-state index contributed by atoms with van der Waals surface area (Å²) in [4.78, 5) is 4.17. The van der Waals surface area contributed by atoms with Crippen molar-refractivity contribution in [3.63, 3.8) is 0 Å². The zero-order valence-corrected chi connectivity index (χ0v) is 10.7. The van der Waals surface area contributed by atoms with E-state index in [0.29, 0.717) is 0 Å². The third-order valence-electron chi connectivity index (χ3n) is 2.60. The molecule has 0 bridgehead atoms. The van der Waals surface area contributed by atoms with Gasteiger partial charge < -0.3 is 15.7 Å². The summed E-state index contributed by atoms with van der Waals surface area (Å²) in [6.45, 7) is 5.85. The van der Waals surface area contributed by atoms with Gasteiger partial charge >= 0.3 is 0 Å². The fourth-order valence-electron chi connectivity index (χ4n) is 1.49. The normalized spacial score (nSPS) is 12.2. The number of nitrogens with zero attached hydrogens (tertiary/aromatic N) is 1. The van der Waals surface area contributed by atoms with Gasteiger partial charge in [0.2, 0.25) is 0 Å². The van der Waals surface area contributed by atoms with Gasteiger partial charge in [-0.05, 0) is 25.3 Å². The van der Waals surface area contributed by atoms with E-state index in [1.54, 1.807) is 6.20 Å². The summed E-state index contributed by atoms with van der Waals surface area (Å²) in [6.07, 6.45) is 6.08. The maximum absolute atomic E-state index is 9.44. The Hall–Kier alpha value is -1.29. The Labute approximate surface area is 103 Å². The number of anilines is 2. The van der Waals surface area contributed by atoms with Crippen LogP contribution >= 0.6 is 0 Å². The van der Waals surface area contributed by atoms with Gasteiger partial charge in [0.05, 0.1) is 29.9 Å². The maximum Gasteiger partial charge on any atom is 0.0554 e. The highest BCUT2D eigenvalue weighted by molar-refractivity contribution is 5.53. The molecule has 0 saturated heterocycles. The second-order valence-electron chi connectivity index (χ2n) is 4.17. The van der Waals surface area contributed by atoms with E-state index < -0.39 is 0 Å². The van der Waals surface area contributed by atoms with E-state index in [0.717, 1.165) is 43.7 Å². The first-order valence-corrected chi connectivity index (χ1v) is 6.37. The van der Waals surface area contributed by atoms with Gasteiger partial charge in [0.1, 0.15) is 0 Å². The predicted octanol–water partition coefficient (Wildman–Crippen LogP) is 2.48. The molecule has 0 radical (unpaired) electrons. The lowest BCUT2D eigenvalue weighted by molar-refractivity contribution is 0.164. The number of aliphatic hydroxyl groups is 1. The molecule has 96 valence electrons. The highest BCUT2D eigenvalue weighted by Crippen LogP contribution is 2.13. The summed E-state index contributed by atoms with van der Waals surface area (Å²) in [5.41, 5.74) is 2.03. The molecule has 3 N–H and O–H groups in total. The third-order valence-corrected chi connectivity index (χ3v) is 2.60. The van der Waals surface area contributed by atoms with Gasteiger partial charge in [-0.1, -0.05) is 13.8 Å². The maximum atomic E-state index is 9.44. The molecule has 0 saturated carbocycles. The van der Waals surface area contributed by atoms with Crippen molar-refractivity contribution in [3.8, 4) is 0 Å². The van der Waals surface area contributed by atoms with Crippen molar-refractivity contribution >= 4 is 11.4 Å². The molecule has 17 heavy (non-hydrogen) atoms. The number of hydrogen-bond donors (Lipinski definition) is 3. The molecule has 0 aliphatic rings. The molecule has 4 nitrogen and oxygen atoms in total. The van der Waals surface area contributed by atoms with Crippen molar-refractivity contribution in [3.05, 3.63) is 18.5 Å². The van der Waals surface area contributed by atoms with Crippen molar-refractivity contribution in [2.24, 2.45) is 0 Å². The smallest absolute Gasteiger partial charge is 0.0554 e. The third kappa shape index (κ3) is 5.54. The SMILES string of the molecule is CCCNc1cncc(NCCC(O)CC)c1. The molecule has 1 aromatic rings. The molecular weight excluding hydrogens is 214 g/mol. The Morgan fingerprint density at radius 3 is 2.41 bits per heavy atom. The predicted molar refractivity (Wildman–Crippen MR) is 72.4 cm³/mol. The van der Waals surface area contributed by atoms with Crippen molar-refractivity contribution in [1.82, 2.24) is 4.98 Å². The van der Waals surface area contributed by atoms with E-state index in [4.69, 9.17) is 0 Å². The quantitative estimate of drug-likeness (QED) is 0.650. The Bertz CT molecular complexity index is 317. The second kappa shape index (κ2) is 7.90. The van der Waals surface area contributed by atoms with E-state index in [1.807, 2.05) is 19.2 Å². The number of pyridine rings is 1. The molecular formula is C13H23N3O. The van der Waals surface area contributed by atoms with Crippen molar-refractivity contribution in [1.29, 1.82) is 0 Å². The molecule has 0 aliphatic heterocycles. The number of rotatable bonds is 8. The van der Waals surface area contributed by atoms with Crippen LogP contribution < -0.4 is 10.6 Å². The number of nitrogens with one attached hydrogen (secondary N) is 2. The molecule has 0 fully saturated rings. The summed E-state index contributed by atoms with van der Waals surface area (Å²) in [5.74, 6) is 0. The van der Waals surface area contributed by atoms with Crippen LogP contribution in [0.5, 0.6) is 0 Å². The van der Waals surface area contributed by atoms with Gasteiger partial charge in [-0.25, -0.2) is 0 Å². The molecule has 1 heterocycles. The first-order chi connectivity index (χ1) is 8.26. The summed E-state index contributed by atoms with van der Waals surface area (Å²) in [6, 6.07) is 2.04. The molecule has 1 rings (SSSR count). The monoisotopic (exact) mass is 237 g/mol. The van der Waals surface area contributed by atoms with E-state index in [2.05, 4.69) is 22.5 Å². The lowest BCUT2D eigenvalue weighted by Gasteiger charge is -2.11. The minimum atomic E-state index is -0.211. The van der Waals surface area contributed by atoms with E-state index in [1.165, 1.54) is 0 Å². The van der Waals surface area contributed by atoms with Crippen LogP contribution in [0.3, 0.4) is 0 Å². The molecule has 0 amide bonds. The summed E-state index contributed by atoms with van der Waals surface area (Å²) >= 11 is 0. The van der Waals surface area contributed by atoms with Crippen molar-refractivity contribution in [2.45, 2.75) is 39.2 Å². The van der Waals surface area contributed by atoms with Crippen LogP contribution in [0.2, 0.25) is 0 Å². The average Bonchev–Trinajstić information content (AvgIpc) is 2.36. The largest absolute Gasteiger partial charge is 0.393 e. The number of aliphatic hydroxyl groups excluding tert-OH is 1. The standard InChI is InChI=1S/C13H23N3O/c1-3-6-15-11-8-12(10-14-9-11)16-7-5-13(17)4-2/h8-10,13,15-17H,3-7H2,1-2H3. The molecule has 0 spiro atoms. The van der Waals surface area contributed by atoms with Gasteiger partial charge in [0.25, 0.3) is 0 Å². The highest BCUT2D eigenvalue weighted by atomic mass is 16.3. The lowest BCUT2D eigenvalue weighted by atomic mass is 10.2. The van der Waals surface area contributed by atoms with Crippen LogP contribution in [-0.2, 0) is 0 Å². The lowest BCUT2D eigenvalue weighted by Crippen LogP contribution is -2.12. The Kier molecular flexibility index (Phi) is 6.40. The van der Waals surface area contributed by atoms with Crippen LogP contribution in [0.25, 0.3) is 0 Å². The number of hydrogen-bond acceptors (Lipinski definition) is 4. The average molecular weight is 237 g/mol. The highest BCUT2D eigenvalue weighted by Gasteiger charge is 2.00. The second-order valence-corrected chi connectivity index (χ2v) is 4.17. The van der Waals surface area contributed by atoms with Gasteiger partial charge in [-0.2, -0.15) is 0 Å². The Balaban J connectivity index is 2.37. The van der Waals surface area contributed by atoms with Crippen LogP contribution in [0.1, 0.15) is 33.1 Å². The first kappa shape index (κ1) is 13.8. The van der Waals surface area contributed by atoms with Crippen LogP contribution in [0.4, 0.5) is 11.4 Å². The van der Waals surface area contributed by atoms with Gasteiger partial charge in [0.15, 0.2) is 0 Å². The zero-order valence-electron chi connectivity index (χ0n) is 10.7. The van der Waals surface area contributed by atoms with Crippen molar-refractivity contribution in [2.75, 3.05) is 23.7 Å². The van der Waals surface area contributed by atoms with Gasteiger partial charge in [-0.15, -0.1) is 0 Å². The van der Waals surface area contributed by atoms with Gasteiger partial charge in [-0.3, -0.25) is 4.98 Å². The summed E-state index contributed by atoms with van der Waals surface area (Å²) in [7, 11) is 0. The molecule has 0 aromatic carbocycles. The van der Waals surface area contributed by atoms with E-state index in [-0.39, 0.29) is 6.10 Å². The minimum Gasteiger partial charge on any atom is -0.393 e. The molecule has 4 heteroatoms. The molecule has 1 aromatic heterocycles. The molecule has 1 atom stereocenters. The Morgan fingerprint density at radius 2 is 1.82 bits per heavy atom. The van der Waals surface area contributed by atoms with Crippen LogP contribution in [-0.4, -0.2) is 29.3 Å². The minimum absolute atomic E-state index is 0.211.